The maximum Gasteiger partial charge on any atom is 0.255 e. The Bertz CT molecular complexity index is 1310. The highest BCUT2D eigenvalue weighted by atomic mass is 16.5. The lowest BCUT2D eigenvalue weighted by Gasteiger charge is -2.49. The Morgan fingerprint density at radius 2 is 1.93 bits per heavy atom. The molecule has 2 amide bonds. The Hall–Kier alpha value is -3.58. The van der Waals surface area contributed by atoms with Crippen molar-refractivity contribution in [2.75, 3.05) is 19.7 Å². The predicted octanol–water partition coefficient (Wildman–Crippen LogP) is -0.782. The third-order valence-corrected chi connectivity index (χ3v) is 9.53. The Morgan fingerprint density at radius 3 is 2.68 bits per heavy atom. The van der Waals surface area contributed by atoms with Gasteiger partial charge in [0.1, 0.15) is 17.8 Å². The van der Waals surface area contributed by atoms with E-state index in [9.17, 15) is 19.8 Å². The minimum atomic E-state index is -2.57. The average molecular weight is 569 g/mol. The second kappa shape index (κ2) is 9.76. The summed E-state index contributed by atoms with van der Waals surface area (Å²) in [6.45, 7) is 4.71. The quantitative estimate of drug-likeness (QED) is 0.223. The first kappa shape index (κ1) is 27.6. The van der Waals surface area contributed by atoms with Crippen molar-refractivity contribution < 1.29 is 24.5 Å². The molecular formula is C28H40N8O5. The van der Waals surface area contributed by atoms with E-state index in [1.165, 1.54) is 4.90 Å². The largest absolute Gasteiger partial charge is 0.492 e. The van der Waals surface area contributed by atoms with Crippen molar-refractivity contribution in [1.82, 2.24) is 20.9 Å². The molecule has 0 radical (unpaired) electrons. The Labute approximate surface area is 238 Å². The van der Waals surface area contributed by atoms with Crippen LogP contribution in [-0.4, -0.2) is 88.1 Å². The van der Waals surface area contributed by atoms with Gasteiger partial charge in [0.2, 0.25) is 11.7 Å². The Balaban J connectivity index is 1.25. The van der Waals surface area contributed by atoms with Gasteiger partial charge in [-0.25, -0.2) is 9.98 Å². The van der Waals surface area contributed by atoms with E-state index in [1.54, 1.807) is 12.1 Å². The summed E-state index contributed by atoms with van der Waals surface area (Å²) in [5.74, 6) is -2.67. The number of nitrogens with zero attached hydrogens (tertiary/aromatic N) is 3. The van der Waals surface area contributed by atoms with Crippen molar-refractivity contribution in [1.29, 1.82) is 0 Å². The number of carbonyl (C=O) groups excluding carboxylic acids is 2. The van der Waals surface area contributed by atoms with Crippen molar-refractivity contribution in [2.24, 2.45) is 27.4 Å². The molecule has 1 saturated carbocycles. The van der Waals surface area contributed by atoms with E-state index in [1.807, 2.05) is 6.07 Å². The molecule has 4 atom stereocenters. The molecule has 0 aromatic heterocycles. The van der Waals surface area contributed by atoms with Crippen LogP contribution in [0.3, 0.4) is 0 Å². The first-order chi connectivity index (χ1) is 19.5. The van der Waals surface area contributed by atoms with Crippen molar-refractivity contribution in [3.05, 3.63) is 29.3 Å². The van der Waals surface area contributed by atoms with Gasteiger partial charge in [0.15, 0.2) is 17.6 Å². The summed E-state index contributed by atoms with van der Waals surface area (Å²) in [6.07, 6.45) is 5.70. The van der Waals surface area contributed by atoms with E-state index in [-0.39, 0.29) is 42.2 Å². The molecule has 41 heavy (non-hydrogen) atoms. The smallest absolute Gasteiger partial charge is 0.255 e. The van der Waals surface area contributed by atoms with Crippen molar-refractivity contribution in [3.8, 4) is 5.75 Å². The van der Waals surface area contributed by atoms with Gasteiger partial charge in [0, 0.05) is 24.6 Å². The van der Waals surface area contributed by atoms with Crippen LogP contribution in [-0.2, 0) is 10.2 Å². The number of para-hydroxylation sites is 1. The molecule has 222 valence electrons. The normalized spacial score (nSPS) is 31.4. The number of aliphatic hydroxyl groups is 2. The molecule has 4 heterocycles. The molecule has 1 aliphatic carbocycles. The Morgan fingerprint density at radius 1 is 1.17 bits per heavy atom. The lowest BCUT2D eigenvalue weighted by molar-refractivity contribution is -0.230. The number of ether oxygens (including phenoxy) is 1. The molecule has 1 aromatic carbocycles. The van der Waals surface area contributed by atoms with Gasteiger partial charge in [0.25, 0.3) is 5.91 Å². The minimum absolute atomic E-state index is 0.0132. The fourth-order valence-electron chi connectivity index (χ4n) is 7.15. The van der Waals surface area contributed by atoms with E-state index in [0.29, 0.717) is 17.9 Å². The number of fused-ring (bicyclic) bond motifs is 1. The second-order valence-electron chi connectivity index (χ2n) is 12.5. The highest BCUT2D eigenvalue weighted by Crippen LogP contribution is 2.45. The summed E-state index contributed by atoms with van der Waals surface area (Å²) in [5, 5.41) is 32.2. The number of hydrogen-bond donors (Lipinski definition) is 7. The number of carbonyl (C=O) groups is 2. The predicted molar refractivity (Wildman–Crippen MR) is 151 cm³/mol. The third-order valence-electron chi connectivity index (χ3n) is 9.53. The van der Waals surface area contributed by atoms with Gasteiger partial charge in [-0.2, -0.15) is 0 Å². The van der Waals surface area contributed by atoms with Crippen LogP contribution in [0.4, 0.5) is 0 Å². The molecule has 2 fully saturated rings. The molecule has 4 aliphatic heterocycles. The lowest BCUT2D eigenvalue weighted by Crippen LogP contribution is -2.78. The van der Waals surface area contributed by atoms with Gasteiger partial charge in [-0.3, -0.25) is 9.59 Å². The highest BCUT2D eigenvalue weighted by Gasteiger charge is 2.73. The van der Waals surface area contributed by atoms with Crippen LogP contribution in [0.15, 0.2) is 28.2 Å². The van der Waals surface area contributed by atoms with Gasteiger partial charge >= 0.3 is 0 Å². The monoisotopic (exact) mass is 568 g/mol. The first-order valence-corrected chi connectivity index (χ1v) is 14.5. The summed E-state index contributed by atoms with van der Waals surface area (Å²) in [4.78, 5) is 37.0. The maximum atomic E-state index is 13.6. The first-order valence-electron chi connectivity index (χ1n) is 14.5. The van der Waals surface area contributed by atoms with E-state index in [4.69, 9.17) is 16.2 Å². The molecule has 0 bridgehead atoms. The van der Waals surface area contributed by atoms with Crippen molar-refractivity contribution >= 4 is 23.7 Å². The number of benzene rings is 1. The summed E-state index contributed by atoms with van der Waals surface area (Å²) < 4.78 is 5.91. The van der Waals surface area contributed by atoms with E-state index in [2.05, 4.69) is 39.8 Å². The fraction of sp³-hybridized carbons (Fsp3) is 0.643. The number of nitrogens with one attached hydrogen (secondary N) is 3. The molecule has 5 aliphatic rings. The zero-order valence-corrected chi connectivity index (χ0v) is 23.5. The summed E-state index contributed by atoms with van der Waals surface area (Å²) in [5.41, 5.74) is 11.8. The topological polar surface area (TPSA) is 200 Å². The van der Waals surface area contributed by atoms with Crippen molar-refractivity contribution in [2.45, 2.75) is 87.4 Å². The molecule has 13 nitrogen and oxygen atoms in total. The van der Waals surface area contributed by atoms with Gasteiger partial charge in [-0.15, -0.1) is 0 Å². The number of aliphatic imine (C=N–C) groups is 2. The van der Waals surface area contributed by atoms with E-state index in [0.717, 1.165) is 44.1 Å². The van der Waals surface area contributed by atoms with Crippen molar-refractivity contribution in [3.63, 3.8) is 0 Å². The highest BCUT2D eigenvalue weighted by molar-refractivity contribution is 5.98. The van der Waals surface area contributed by atoms with Crippen LogP contribution in [0, 0.1) is 5.92 Å². The molecule has 1 aromatic rings. The molecule has 1 spiro atoms. The van der Waals surface area contributed by atoms with Gasteiger partial charge < -0.3 is 47.3 Å². The molecular weight excluding hydrogens is 528 g/mol. The standard InChI is InChI=1S/C28H40N8O5/c1-26(2)11-12-41-20-16(9-6-10-17(20)26)23(38)33-19-14-36-25(30)32-18(13-31-22(37)15-7-4-3-5-8-15)21-27(36,28(19,39)40)35-24(29)34-21/h6,9-10,15,18-19,21,39-40H,3-5,7-8,11-14H2,1-2H3,(H2,30,32)(H,31,37)(H,33,38)(H3,29,34,35)/t18?,19?,21?,27-/m0/s1. The number of amides is 2. The van der Waals surface area contributed by atoms with Crippen LogP contribution < -0.4 is 32.2 Å². The lowest BCUT2D eigenvalue weighted by atomic mass is 9.79. The van der Waals surface area contributed by atoms with Gasteiger partial charge in [0.05, 0.1) is 18.2 Å². The van der Waals surface area contributed by atoms with Crippen LogP contribution in [0.25, 0.3) is 0 Å². The van der Waals surface area contributed by atoms with Crippen LogP contribution in [0.2, 0.25) is 0 Å². The summed E-state index contributed by atoms with van der Waals surface area (Å²) in [7, 11) is 0. The molecule has 1 saturated heterocycles. The number of nitrogens with two attached hydrogens (primary N) is 2. The minimum Gasteiger partial charge on any atom is -0.492 e. The molecule has 9 N–H and O–H groups in total. The third kappa shape index (κ3) is 4.28. The molecule has 6 rings (SSSR count). The summed E-state index contributed by atoms with van der Waals surface area (Å²) >= 11 is 0. The zero-order chi connectivity index (χ0) is 29.2. The average Bonchev–Trinajstić information content (AvgIpc) is 3.41. The number of rotatable bonds is 5. The Kier molecular flexibility index (Phi) is 6.57. The van der Waals surface area contributed by atoms with Crippen LogP contribution in [0.1, 0.15) is 68.3 Å². The fourth-order valence-corrected chi connectivity index (χ4v) is 7.15. The van der Waals surface area contributed by atoms with Crippen LogP contribution in [0.5, 0.6) is 5.75 Å². The van der Waals surface area contributed by atoms with Gasteiger partial charge in [-0.05, 0) is 30.7 Å². The van der Waals surface area contributed by atoms with E-state index < -0.39 is 35.5 Å². The summed E-state index contributed by atoms with van der Waals surface area (Å²) in [6, 6.07) is 2.60. The zero-order valence-electron chi connectivity index (χ0n) is 23.5. The SMILES string of the molecule is CC1(C)CCOc2c(C(=O)NC3CN4C(N)=NC(CNC(=O)C5CCCCC5)C5N=C(N)N[C@@]54C3(O)O)cccc21. The molecule has 3 unspecified atom stereocenters. The second-order valence-corrected chi connectivity index (χ2v) is 12.5. The van der Waals surface area contributed by atoms with E-state index >= 15 is 0 Å². The molecule has 13 heteroatoms. The van der Waals surface area contributed by atoms with Crippen LogP contribution >= 0.6 is 0 Å². The van der Waals surface area contributed by atoms with Gasteiger partial charge in [-0.1, -0.05) is 45.2 Å². The maximum absolute atomic E-state index is 13.6. The number of hydrogen-bond acceptors (Lipinski definition) is 11. The number of guanidine groups is 2.